The van der Waals surface area contributed by atoms with Crippen molar-refractivity contribution in [3.63, 3.8) is 0 Å². The van der Waals surface area contributed by atoms with Gasteiger partial charge in [0.05, 0.1) is 22.1 Å². The molecule has 2 aromatic rings. The molecule has 0 unspecified atom stereocenters. The molecule has 1 amide bonds. The van der Waals surface area contributed by atoms with E-state index < -0.39 is 25.8 Å². The SMILES string of the molecule is N=[N+]=NCCCS(=O)(=O)c1ccc(S(=O)(=O)c2ccc(CNC(=O)O)s2)cc1. The van der Waals surface area contributed by atoms with Gasteiger partial charge in [-0.2, -0.15) is 0 Å². The van der Waals surface area contributed by atoms with Crippen molar-refractivity contribution in [3.8, 4) is 0 Å². The Kier molecular flexibility index (Phi) is 7.02. The number of amides is 1. The van der Waals surface area contributed by atoms with E-state index in [-0.39, 0.29) is 39.3 Å². The van der Waals surface area contributed by atoms with Crippen LogP contribution in [0.25, 0.3) is 0 Å². The third kappa shape index (κ3) is 5.45. The van der Waals surface area contributed by atoms with Gasteiger partial charge in [-0.25, -0.2) is 21.6 Å². The molecule has 0 saturated heterocycles. The number of carboxylic acid groups (broad SMARTS) is 1. The molecule has 1 heterocycles. The summed E-state index contributed by atoms with van der Waals surface area (Å²) in [6.07, 6.45) is -1.01. The lowest BCUT2D eigenvalue weighted by Crippen LogP contribution is -2.19. The van der Waals surface area contributed by atoms with Gasteiger partial charge in [0.15, 0.2) is 9.84 Å². The average Bonchev–Trinajstić information content (AvgIpc) is 3.14. The molecule has 0 radical (unpaired) electrons. The minimum Gasteiger partial charge on any atom is -0.465 e. The van der Waals surface area contributed by atoms with Crippen LogP contribution in [0.2, 0.25) is 0 Å². The standard InChI is InChI=1S/C15H16N4O6S3/c16-19-18-8-1-9-27(22,23)12-3-5-13(6-4-12)28(24,25)14-7-2-11(26-14)10-17-15(20)21/h2-7,16-17H,1,8-10H2/p+1. The van der Waals surface area contributed by atoms with Crippen molar-refractivity contribution < 1.29 is 26.7 Å². The number of nitrogens with one attached hydrogen (secondary N) is 2. The van der Waals surface area contributed by atoms with Gasteiger partial charge in [-0.1, -0.05) is 0 Å². The van der Waals surface area contributed by atoms with Crippen LogP contribution in [-0.2, 0) is 26.2 Å². The first kappa shape index (κ1) is 21.7. The Hall–Kier alpha value is -2.60. The van der Waals surface area contributed by atoms with Crippen molar-refractivity contribution in [3.05, 3.63) is 41.3 Å². The first-order valence-corrected chi connectivity index (χ1v) is 11.8. The highest BCUT2D eigenvalue weighted by atomic mass is 32.2. The lowest BCUT2D eigenvalue weighted by atomic mass is 10.4. The predicted molar refractivity (Wildman–Crippen MR) is 99.9 cm³/mol. The average molecular weight is 446 g/mol. The van der Waals surface area contributed by atoms with E-state index in [1.807, 2.05) is 0 Å². The molecular weight excluding hydrogens is 428 g/mol. The molecule has 13 heteroatoms. The van der Waals surface area contributed by atoms with E-state index in [0.29, 0.717) is 4.88 Å². The van der Waals surface area contributed by atoms with E-state index in [1.54, 1.807) is 0 Å². The van der Waals surface area contributed by atoms with E-state index >= 15 is 0 Å². The first-order valence-electron chi connectivity index (χ1n) is 7.83. The Morgan fingerprint density at radius 2 is 1.75 bits per heavy atom. The topological polar surface area (TPSA) is 168 Å². The summed E-state index contributed by atoms with van der Waals surface area (Å²) < 4.78 is 49.9. The third-order valence-electron chi connectivity index (χ3n) is 3.55. The fourth-order valence-electron chi connectivity index (χ4n) is 2.20. The molecule has 3 N–H and O–H groups in total. The van der Waals surface area contributed by atoms with E-state index in [4.69, 9.17) is 10.6 Å². The molecular formula is C15H17N4O6S3+. The minimum atomic E-state index is -3.84. The van der Waals surface area contributed by atoms with Crippen LogP contribution in [0.5, 0.6) is 0 Å². The van der Waals surface area contributed by atoms with Crippen LogP contribution in [0.4, 0.5) is 4.79 Å². The molecule has 0 fully saturated rings. The summed E-state index contributed by atoms with van der Waals surface area (Å²) in [4.78, 5) is 13.8. The van der Waals surface area contributed by atoms with Gasteiger partial charge in [0.2, 0.25) is 14.7 Å². The smallest absolute Gasteiger partial charge is 0.404 e. The zero-order valence-corrected chi connectivity index (χ0v) is 16.8. The van der Waals surface area contributed by atoms with Gasteiger partial charge in [-0.3, -0.25) is 0 Å². The second-order valence-corrected chi connectivity index (χ2v) is 10.9. The molecule has 0 saturated carbocycles. The van der Waals surface area contributed by atoms with Crippen LogP contribution >= 0.6 is 11.3 Å². The summed E-state index contributed by atoms with van der Waals surface area (Å²) in [5, 5.41) is 14.1. The Bertz CT molecular complexity index is 1100. The van der Waals surface area contributed by atoms with Gasteiger partial charge >= 0.3 is 6.09 Å². The molecule has 0 aliphatic heterocycles. The Balaban J connectivity index is 2.17. The molecule has 0 spiro atoms. The molecule has 0 aliphatic carbocycles. The van der Waals surface area contributed by atoms with E-state index in [1.165, 1.54) is 36.4 Å². The zero-order chi connectivity index (χ0) is 20.8. The highest BCUT2D eigenvalue weighted by Gasteiger charge is 2.22. The van der Waals surface area contributed by atoms with Crippen LogP contribution in [0.3, 0.4) is 0 Å². The summed E-state index contributed by atoms with van der Waals surface area (Å²) in [6, 6.07) is 7.80. The van der Waals surface area contributed by atoms with Gasteiger partial charge in [0.1, 0.15) is 21.4 Å². The second kappa shape index (κ2) is 9.06. The quantitative estimate of drug-likeness (QED) is 0.303. The molecule has 28 heavy (non-hydrogen) atoms. The highest BCUT2D eigenvalue weighted by molar-refractivity contribution is 7.93. The van der Waals surface area contributed by atoms with E-state index in [0.717, 1.165) is 11.3 Å². The maximum Gasteiger partial charge on any atom is 0.404 e. The van der Waals surface area contributed by atoms with Gasteiger partial charge in [-0.15, -0.1) is 11.3 Å². The van der Waals surface area contributed by atoms with Crippen molar-refractivity contribution in [2.24, 2.45) is 5.11 Å². The first-order chi connectivity index (χ1) is 13.2. The minimum absolute atomic E-state index is 0.00745. The molecule has 1 aromatic heterocycles. The fourth-order valence-corrected chi connectivity index (χ4v) is 6.19. The van der Waals surface area contributed by atoms with Crippen LogP contribution in [0.1, 0.15) is 11.3 Å². The lowest BCUT2D eigenvalue weighted by Gasteiger charge is -2.05. The maximum absolute atomic E-state index is 12.7. The molecule has 0 bridgehead atoms. The second-order valence-electron chi connectivity index (χ2n) is 5.49. The monoisotopic (exact) mass is 445 g/mol. The number of thiophene rings is 1. The van der Waals surface area contributed by atoms with Crippen molar-refractivity contribution in [1.29, 1.82) is 5.53 Å². The predicted octanol–water partition coefficient (Wildman–Crippen LogP) is 2.06. The summed E-state index contributed by atoms with van der Waals surface area (Å²) in [7, 11) is -7.44. The molecule has 0 aliphatic rings. The Morgan fingerprint density at radius 3 is 2.36 bits per heavy atom. The summed E-state index contributed by atoms with van der Waals surface area (Å²) >= 11 is 0.935. The van der Waals surface area contributed by atoms with Crippen LogP contribution in [0.15, 0.2) is 55.5 Å². The van der Waals surface area contributed by atoms with Gasteiger partial charge in [0, 0.05) is 4.88 Å². The van der Waals surface area contributed by atoms with Gasteiger partial charge in [-0.05, 0) is 42.8 Å². The summed E-state index contributed by atoms with van der Waals surface area (Å²) in [6.45, 7) is 0.110. The number of hydrogen-bond donors (Lipinski definition) is 3. The molecule has 1 aromatic carbocycles. The van der Waals surface area contributed by atoms with Crippen molar-refractivity contribution in [2.75, 3.05) is 12.3 Å². The number of sulfone groups is 2. The molecule has 150 valence electrons. The van der Waals surface area contributed by atoms with Crippen LogP contribution < -0.4 is 10.2 Å². The molecule has 2 rings (SSSR count). The van der Waals surface area contributed by atoms with Gasteiger partial charge in [0.25, 0.3) is 0 Å². The summed E-state index contributed by atoms with van der Waals surface area (Å²) in [5.41, 5.74) is 6.52. The number of nitrogens with zero attached hydrogens (tertiary/aromatic N) is 2. The van der Waals surface area contributed by atoms with E-state index in [9.17, 15) is 21.6 Å². The Morgan fingerprint density at radius 1 is 1.11 bits per heavy atom. The normalized spacial score (nSPS) is 11.6. The Labute approximate surface area is 165 Å². The molecule has 10 nitrogen and oxygen atoms in total. The number of hydrogen-bond acceptors (Lipinski definition) is 8. The number of benzene rings is 1. The molecule has 0 atom stereocenters. The zero-order valence-electron chi connectivity index (χ0n) is 14.4. The highest BCUT2D eigenvalue weighted by Crippen LogP contribution is 2.28. The van der Waals surface area contributed by atoms with Crippen molar-refractivity contribution in [1.82, 2.24) is 10.2 Å². The maximum atomic E-state index is 12.7. The fraction of sp³-hybridized carbons (Fsp3) is 0.267. The van der Waals surface area contributed by atoms with Crippen molar-refractivity contribution in [2.45, 2.75) is 27.0 Å². The van der Waals surface area contributed by atoms with Gasteiger partial charge < -0.3 is 10.4 Å². The van der Waals surface area contributed by atoms with Crippen molar-refractivity contribution >= 4 is 37.1 Å². The lowest BCUT2D eigenvalue weighted by molar-refractivity contribution is 0.194. The largest absolute Gasteiger partial charge is 0.465 e. The van der Waals surface area contributed by atoms with Crippen LogP contribution in [-0.4, -0.2) is 40.3 Å². The summed E-state index contributed by atoms with van der Waals surface area (Å²) in [5.74, 6) is -0.191. The number of rotatable bonds is 9. The third-order valence-corrected chi connectivity index (χ3v) is 8.71. The van der Waals surface area contributed by atoms with E-state index in [2.05, 4.69) is 15.3 Å². The van der Waals surface area contributed by atoms with Crippen LogP contribution in [0, 0.1) is 5.53 Å². The number of carbonyl (C=O) groups is 1.